The third-order valence-electron chi connectivity index (χ3n) is 2.76. The molecule has 3 nitrogen and oxygen atoms in total. The van der Waals surface area contributed by atoms with Crippen LogP contribution in [-0.4, -0.2) is 18.9 Å². The Kier molecular flexibility index (Phi) is 5.09. The molecule has 0 atom stereocenters. The number of carbonyl (C=O) groups excluding carboxylic acids is 2. The molecule has 0 amide bonds. The van der Waals surface area contributed by atoms with Gasteiger partial charge in [-0.25, -0.2) is 0 Å². The lowest BCUT2D eigenvalue weighted by atomic mass is 10.1. The average Bonchev–Trinajstić information content (AvgIpc) is 2.89. The van der Waals surface area contributed by atoms with Gasteiger partial charge in [0.05, 0.1) is 18.4 Å². The number of ether oxygens (including phenoxy) is 1. The zero-order valence-corrected chi connectivity index (χ0v) is 13.3. The summed E-state index contributed by atoms with van der Waals surface area (Å²) in [4.78, 5) is 24.8. The zero-order valence-electron chi connectivity index (χ0n) is 10.9. The monoisotopic (exact) mass is 352 g/mol. The molecular formula is C15H13BrO3S. The van der Waals surface area contributed by atoms with E-state index in [-0.39, 0.29) is 18.2 Å². The van der Waals surface area contributed by atoms with E-state index in [2.05, 4.69) is 20.7 Å². The standard InChI is InChI=1S/C15H13BrO3S/c1-19-15(18)9-12-6-7-14(20-12)13(17)8-10-2-4-11(16)5-3-10/h2-7H,8-9H2,1H3. The van der Waals surface area contributed by atoms with Gasteiger partial charge in [0.25, 0.3) is 0 Å². The molecule has 0 unspecified atom stereocenters. The molecule has 1 heterocycles. The van der Waals surface area contributed by atoms with Crippen molar-refractivity contribution in [1.29, 1.82) is 0 Å². The van der Waals surface area contributed by atoms with Gasteiger partial charge in [0.2, 0.25) is 0 Å². The van der Waals surface area contributed by atoms with Gasteiger partial charge >= 0.3 is 5.97 Å². The van der Waals surface area contributed by atoms with E-state index in [9.17, 15) is 9.59 Å². The van der Waals surface area contributed by atoms with Crippen molar-refractivity contribution >= 4 is 39.0 Å². The van der Waals surface area contributed by atoms with Crippen molar-refractivity contribution in [3.63, 3.8) is 0 Å². The number of hydrogen-bond acceptors (Lipinski definition) is 4. The predicted octanol–water partition coefficient (Wildman–Crippen LogP) is 3.65. The minimum atomic E-state index is -0.293. The molecule has 0 radical (unpaired) electrons. The summed E-state index contributed by atoms with van der Waals surface area (Å²) in [6, 6.07) is 11.2. The highest BCUT2D eigenvalue weighted by molar-refractivity contribution is 9.10. The molecule has 0 spiro atoms. The van der Waals surface area contributed by atoms with Crippen LogP contribution in [0.1, 0.15) is 20.1 Å². The molecule has 2 aromatic rings. The van der Waals surface area contributed by atoms with Crippen molar-refractivity contribution < 1.29 is 14.3 Å². The third kappa shape index (κ3) is 4.02. The largest absolute Gasteiger partial charge is 0.469 e. The second kappa shape index (κ2) is 6.81. The van der Waals surface area contributed by atoms with Gasteiger partial charge in [0, 0.05) is 15.8 Å². The molecular weight excluding hydrogens is 340 g/mol. The number of esters is 1. The van der Waals surface area contributed by atoms with E-state index in [1.165, 1.54) is 18.4 Å². The van der Waals surface area contributed by atoms with Crippen LogP contribution in [-0.2, 0) is 22.4 Å². The molecule has 0 aliphatic heterocycles. The molecule has 1 aromatic heterocycles. The van der Waals surface area contributed by atoms with E-state index >= 15 is 0 Å². The van der Waals surface area contributed by atoms with Crippen LogP contribution in [0.25, 0.3) is 0 Å². The number of methoxy groups -OCH3 is 1. The molecule has 0 aliphatic rings. The van der Waals surface area contributed by atoms with Crippen molar-refractivity contribution in [3.05, 3.63) is 56.2 Å². The lowest BCUT2D eigenvalue weighted by molar-refractivity contribution is -0.139. The Balaban J connectivity index is 2.02. The molecule has 1 aromatic carbocycles. The Labute approximate surface area is 129 Å². The topological polar surface area (TPSA) is 43.4 Å². The highest BCUT2D eigenvalue weighted by Gasteiger charge is 2.12. The fraction of sp³-hybridized carbons (Fsp3) is 0.200. The Hall–Kier alpha value is -1.46. The molecule has 20 heavy (non-hydrogen) atoms. The average molecular weight is 353 g/mol. The SMILES string of the molecule is COC(=O)Cc1ccc(C(=O)Cc2ccc(Br)cc2)s1. The van der Waals surface area contributed by atoms with Crippen LogP contribution in [0.3, 0.4) is 0 Å². The Bertz CT molecular complexity index is 616. The minimum absolute atomic E-state index is 0.0634. The van der Waals surface area contributed by atoms with Crippen LogP contribution < -0.4 is 0 Å². The third-order valence-corrected chi connectivity index (χ3v) is 4.42. The van der Waals surface area contributed by atoms with Crippen molar-refractivity contribution in [3.8, 4) is 0 Å². The summed E-state index contributed by atoms with van der Waals surface area (Å²) < 4.78 is 5.60. The number of hydrogen-bond donors (Lipinski definition) is 0. The van der Waals surface area contributed by atoms with E-state index in [1.807, 2.05) is 24.3 Å². The number of Topliss-reactive ketones (excluding diaryl/α,β-unsaturated/α-hetero) is 1. The molecule has 104 valence electrons. The summed E-state index contributed by atoms with van der Waals surface area (Å²) in [5.74, 6) is -0.229. The first-order chi connectivity index (χ1) is 9.58. The fourth-order valence-corrected chi connectivity index (χ4v) is 2.91. The van der Waals surface area contributed by atoms with Gasteiger partial charge in [-0.05, 0) is 29.8 Å². The normalized spacial score (nSPS) is 10.3. The lowest BCUT2D eigenvalue weighted by Gasteiger charge is -1.99. The maximum atomic E-state index is 12.2. The van der Waals surface area contributed by atoms with Gasteiger partial charge in [-0.3, -0.25) is 9.59 Å². The number of thiophene rings is 1. The molecule has 0 N–H and O–H groups in total. The van der Waals surface area contributed by atoms with E-state index in [0.29, 0.717) is 11.3 Å². The Morgan fingerprint density at radius 3 is 2.45 bits per heavy atom. The summed E-state index contributed by atoms with van der Waals surface area (Å²) in [6.07, 6.45) is 0.582. The number of carbonyl (C=O) groups is 2. The molecule has 0 fully saturated rings. The second-order valence-electron chi connectivity index (χ2n) is 4.25. The molecule has 2 rings (SSSR count). The van der Waals surface area contributed by atoms with Gasteiger partial charge in [-0.2, -0.15) is 0 Å². The van der Waals surface area contributed by atoms with Gasteiger partial charge in [-0.15, -0.1) is 11.3 Å². The number of ketones is 1. The van der Waals surface area contributed by atoms with E-state index in [1.54, 1.807) is 12.1 Å². The summed E-state index contributed by atoms with van der Waals surface area (Å²) >= 11 is 4.71. The van der Waals surface area contributed by atoms with Crippen molar-refractivity contribution in [1.82, 2.24) is 0 Å². The summed E-state index contributed by atoms with van der Waals surface area (Å²) in [5.41, 5.74) is 0.973. The molecule has 0 saturated heterocycles. The number of halogens is 1. The number of benzene rings is 1. The predicted molar refractivity (Wildman–Crippen MR) is 82.2 cm³/mol. The first-order valence-electron chi connectivity index (χ1n) is 6.01. The minimum Gasteiger partial charge on any atom is -0.469 e. The zero-order chi connectivity index (χ0) is 14.5. The van der Waals surface area contributed by atoms with Crippen molar-refractivity contribution in [2.45, 2.75) is 12.8 Å². The molecule has 0 aliphatic carbocycles. The van der Waals surface area contributed by atoms with Gasteiger partial charge in [-0.1, -0.05) is 28.1 Å². The maximum Gasteiger partial charge on any atom is 0.310 e. The number of rotatable bonds is 5. The van der Waals surface area contributed by atoms with Crippen molar-refractivity contribution in [2.24, 2.45) is 0 Å². The Morgan fingerprint density at radius 2 is 1.80 bits per heavy atom. The molecule has 5 heteroatoms. The fourth-order valence-electron chi connectivity index (χ4n) is 1.71. The summed E-state index contributed by atoms with van der Waals surface area (Å²) in [6.45, 7) is 0. The van der Waals surface area contributed by atoms with Gasteiger partial charge in [0.1, 0.15) is 0 Å². The van der Waals surface area contributed by atoms with E-state index in [0.717, 1.165) is 14.9 Å². The first kappa shape index (κ1) is 14.9. The first-order valence-corrected chi connectivity index (χ1v) is 7.62. The highest BCUT2D eigenvalue weighted by atomic mass is 79.9. The van der Waals surface area contributed by atoms with Crippen LogP contribution in [0.2, 0.25) is 0 Å². The summed E-state index contributed by atoms with van der Waals surface area (Å²) in [7, 11) is 1.36. The van der Waals surface area contributed by atoms with Crippen LogP contribution in [0.4, 0.5) is 0 Å². The molecule has 0 saturated carbocycles. The lowest BCUT2D eigenvalue weighted by Crippen LogP contribution is -2.03. The maximum absolute atomic E-state index is 12.2. The van der Waals surface area contributed by atoms with Crippen molar-refractivity contribution in [2.75, 3.05) is 7.11 Å². The smallest absolute Gasteiger partial charge is 0.310 e. The quantitative estimate of drug-likeness (QED) is 0.609. The Morgan fingerprint density at radius 1 is 1.10 bits per heavy atom. The highest BCUT2D eigenvalue weighted by Crippen LogP contribution is 2.20. The van der Waals surface area contributed by atoms with E-state index < -0.39 is 0 Å². The molecule has 0 bridgehead atoms. The van der Waals surface area contributed by atoms with Gasteiger partial charge in [0.15, 0.2) is 5.78 Å². The summed E-state index contributed by atoms with van der Waals surface area (Å²) in [5, 5.41) is 0. The van der Waals surface area contributed by atoms with Crippen LogP contribution >= 0.6 is 27.3 Å². The van der Waals surface area contributed by atoms with Gasteiger partial charge < -0.3 is 4.74 Å². The van der Waals surface area contributed by atoms with E-state index in [4.69, 9.17) is 0 Å². The van der Waals surface area contributed by atoms with Crippen LogP contribution in [0.5, 0.6) is 0 Å². The van der Waals surface area contributed by atoms with Crippen LogP contribution in [0, 0.1) is 0 Å². The van der Waals surface area contributed by atoms with Crippen LogP contribution in [0.15, 0.2) is 40.9 Å². The second-order valence-corrected chi connectivity index (χ2v) is 6.33.